The maximum atomic E-state index is 2.40. The smallest absolute Gasteiger partial charge is 0.0136 e. The van der Waals surface area contributed by atoms with E-state index in [9.17, 15) is 0 Å². The molecule has 0 heterocycles. The van der Waals surface area contributed by atoms with Gasteiger partial charge in [-0.05, 0) is 127 Å². The maximum Gasteiger partial charge on any atom is 0.0136 e. The first-order valence-corrected chi connectivity index (χ1v) is 9.42. The molecule has 108 valence electrons. The minimum Gasteiger partial charge on any atom is -0.0530 e. The van der Waals surface area contributed by atoms with Crippen molar-refractivity contribution in [1.82, 2.24) is 0 Å². The molecule has 0 bridgehead atoms. The van der Waals surface area contributed by atoms with E-state index in [1.165, 1.54) is 50.6 Å². The molecule has 0 aromatic heterocycles. The maximum absolute atomic E-state index is 2.40. The number of hydrogen-bond acceptors (Lipinski definition) is 0. The minimum absolute atomic E-state index is 1.29. The molecule has 0 N–H and O–H groups in total. The normalized spacial score (nSPS) is 11.6. The average Bonchev–Trinajstić information content (AvgIpc) is 2.48. The van der Waals surface area contributed by atoms with Crippen molar-refractivity contribution in [3.8, 4) is 0 Å². The van der Waals surface area contributed by atoms with Crippen molar-refractivity contribution in [2.24, 2.45) is 0 Å². The molecule has 0 aliphatic carbocycles. The van der Waals surface area contributed by atoms with E-state index >= 15 is 0 Å². The summed E-state index contributed by atoms with van der Waals surface area (Å²) in [4.78, 5) is 0. The number of halogens is 2. The predicted molar refractivity (Wildman–Crippen MR) is 114 cm³/mol. The highest BCUT2D eigenvalue weighted by molar-refractivity contribution is 14.1. The van der Waals surface area contributed by atoms with Gasteiger partial charge in [-0.2, -0.15) is 0 Å². The largest absolute Gasteiger partial charge is 0.0530 e. The van der Waals surface area contributed by atoms with E-state index in [2.05, 4.69) is 108 Å². The number of aryl methyl sites for hydroxylation is 2. The van der Waals surface area contributed by atoms with E-state index in [0.717, 1.165) is 0 Å². The van der Waals surface area contributed by atoms with E-state index in [1.54, 1.807) is 0 Å². The van der Waals surface area contributed by atoms with E-state index in [0.29, 0.717) is 0 Å². The van der Waals surface area contributed by atoms with Crippen LogP contribution in [0.5, 0.6) is 0 Å². The monoisotopic (exact) mass is 508 g/mol. The van der Waals surface area contributed by atoms with E-state index < -0.39 is 0 Å². The van der Waals surface area contributed by atoms with Crippen LogP contribution in [0.2, 0.25) is 0 Å². The van der Waals surface area contributed by atoms with E-state index in [-0.39, 0.29) is 0 Å². The molecule has 0 amide bonds. The summed E-state index contributed by atoms with van der Waals surface area (Å²) in [5.41, 5.74) is 2.70. The Balaban J connectivity index is 2.34. The van der Waals surface area contributed by atoms with Crippen molar-refractivity contribution in [1.29, 1.82) is 0 Å². The van der Waals surface area contributed by atoms with Gasteiger partial charge in [0.25, 0.3) is 0 Å². The molecule has 0 radical (unpaired) electrons. The fraction of sp³-hybridized carbons (Fsp3) is 0.100. The number of fused-ring (bicyclic) bond motifs is 5. The van der Waals surface area contributed by atoms with Gasteiger partial charge < -0.3 is 0 Å². The van der Waals surface area contributed by atoms with Crippen LogP contribution in [0.15, 0.2) is 48.5 Å². The van der Waals surface area contributed by atoms with Crippen LogP contribution in [0.25, 0.3) is 32.3 Å². The zero-order valence-electron chi connectivity index (χ0n) is 12.4. The summed E-state index contributed by atoms with van der Waals surface area (Å²) in [5.74, 6) is 0. The van der Waals surface area contributed by atoms with Crippen molar-refractivity contribution >= 4 is 77.5 Å². The summed E-state index contributed by atoms with van der Waals surface area (Å²) >= 11 is 4.81. The second-order valence-electron chi connectivity index (χ2n) is 5.86. The Morgan fingerprint density at radius 1 is 0.500 bits per heavy atom. The molecular weight excluding hydrogens is 494 g/mol. The number of hydrogen-bond donors (Lipinski definition) is 0. The number of rotatable bonds is 0. The van der Waals surface area contributed by atoms with Gasteiger partial charge in [0.2, 0.25) is 0 Å². The van der Waals surface area contributed by atoms with Crippen molar-refractivity contribution in [2.45, 2.75) is 13.8 Å². The van der Waals surface area contributed by atoms with Crippen molar-refractivity contribution in [2.75, 3.05) is 0 Å². The topological polar surface area (TPSA) is 0 Å². The predicted octanol–water partition coefficient (Wildman–Crippen LogP) is 6.97. The van der Waals surface area contributed by atoms with Crippen molar-refractivity contribution in [3.63, 3.8) is 0 Å². The standard InChI is InChI=1S/C20H14I2/c1-11-7-17-18(19-9-13(21)3-5-15(11)19)8-12(2)16-6-4-14(22)10-20(16)17/h3-10H,1-2H3. The highest BCUT2D eigenvalue weighted by Crippen LogP contribution is 2.36. The minimum atomic E-state index is 1.29. The van der Waals surface area contributed by atoms with E-state index in [4.69, 9.17) is 0 Å². The average molecular weight is 508 g/mol. The molecule has 4 aromatic carbocycles. The lowest BCUT2D eigenvalue weighted by Crippen LogP contribution is -1.88. The van der Waals surface area contributed by atoms with Gasteiger partial charge in [0, 0.05) is 7.14 Å². The second kappa shape index (κ2) is 5.34. The molecule has 0 atom stereocenters. The summed E-state index contributed by atoms with van der Waals surface area (Å²) < 4.78 is 2.58. The van der Waals surface area contributed by atoms with Crippen molar-refractivity contribution in [3.05, 3.63) is 66.8 Å². The van der Waals surface area contributed by atoms with Gasteiger partial charge in [-0.25, -0.2) is 0 Å². The van der Waals surface area contributed by atoms with Gasteiger partial charge in [-0.1, -0.05) is 24.3 Å². The van der Waals surface area contributed by atoms with Gasteiger partial charge in [-0.15, -0.1) is 0 Å². The quantitative estimate of drug-likeness (QED) is 0.178. The van der Waals surface area contributed by atoms with Crippen LogP contribution >= 0.6 is 45.2 Å². The molecule has 0 aliphatic heterocycles. The summed E-state index contributed by atoms with van der Waals surface area (Å²) in [6.45, 7) is 4.43. The third kappa shape index (κ3) is 2.22. The zero-order valence-corrected chi connectivity index (χ0v) is 16.7. The fourth-order valence-corrected chi connectivity index (χ4v) is 4.34. The number of benzene rings is 4. The summed E-state index contributed by atoms with van der Waals surface area (Å²) in [7, 11) is 0. The first-order valence-electron chi connectivity index (χ1n) is 7.26. The second-order valence-corrected chi connectivity index (χ2v) is 8.35. The molecule has 0 spiro atoms. The van der Waals surface area contributed by atoms with Crippen LogP contribution in [-0.4, -0.2) is 0 Å². The molecule has 0 aliphatic rings. The molecule has 22 heavy (non-hydrogen) atoms. The Morgan fingerprint density at radius 2 is 0.864 bits per heavy atom. The molecule has 2 heteroatoms. The Hall–Kier alpha value is -0.880. The molecule has 0 unspecified atom stereocenters. The van der Waals surface area contributed by atoms with Crippen LogP contribution in [0.3, 0.4) is 0 Å². The molecule has 0 fully saturated rings. The van der Waals surface area contributed by atoms with Crippen LogP contribution in [0.4, 0.5) is 0 Å². The lowest BCUT2D eigenvalue weighted by molar-refractivity contribution is 1.53. The van der Waals surface area contributed by atoms with Gasteiger partial charge in [0.15, 0.2) is 0 Å². The zero-order chi connectivity index (χ0) is 15.4. The third-order valence-electron chi connectivity index (χ3n) is 4.41. The highest BCUT2D eigenvalue weighted by atomic mass is 127. The van der Waals surface area contributed by atoms with Crippen LogP contribution in [0.1, 0.15) is 11.1 Å². The van der Waals surface area contributed by atoms with Gasteiger partial charge >= 0.3 is 0 Å². The van der Waals surface area contributed by atoms with Crippen LogP contribution < -0.4 is 0 Å². The summed E-state index contributed by atoms with van der Waals surface area (Å²) in [6.07, 6.45) is 0. The molecule has 0 nitrogen and oxygen atoms in total. The lowest BCUT2D eigenvalue weighted by Gasteiger charge is -2.13. The van der Waals surface area contributed by atoms with E-state index in [1.807, 2.05) is 0 Å². The molecule has 4 rings (SSSR count). The highest BCUT2D eigenvalue weighted by Gasteiger charge is 2.10. The van der Waals surface area contributed by atoms with Crippen LogP contribution in [0, 0.1) is 21.0 Å². The first kappa shape index (κ1) is 14.7. The van der Waals surface area contributed by atoms with Gasteiger partial charge in [0.05, 0.1) is 0 Å². The first-order chi connectivity index (χ1) is 10.5. The fourth-order valence-electron chi connectivity index (χ4n) is 3.36. The third-order valence-corrected chi connectivity index (χ3v) is 5.75. The molecule has 4 aromatic rings. The molecular formula is C20H14I2. The lowest BCUT2D eigenvalue weighted by atomic mass is 9.92. The summed E-state index contributed by atoms with van der Waals surface area (Å²) in [6, 6.07) is 18.2. The Morgan fingerprint density at radius 3 is 1.27 bits per heavy atom. The Kier molecular flexibility index (Phi) is 3.57. The Bertz CT molecular complexity index is 975. The van der Waals surface area contributed by atoms with Gasteiger partial charge in [-0.3, -0.25) is 0 Å². The Labute approximate surface area is 157 Å². The molecule has 0 saturated carbocycles. The van der Waals surface area contributed by atoms with Gasteiger partial charge in [0.1, 0.15) is 0 Å². The van der Waals surface area contributed by atoms with Crippen molar-refractivity contribution < 1.29 is 0 Å². The molecule has 0 saturated heterocycles. The SMILES string of the molecule is Cc1cc2c3cc(I)ccc3c(C)cc2c2cc(I)ccc12. The van der Waals surface area contributed by atoms with Crippen LogP contribution in [-0.2, 0) is 0 Å². The summed E-state index contributed by atoms with van der Waals surface area (Å²) in [5, 5.41) is 8.18.